The van der Waals surface area contributed by atoms with Crippen molar-refractivity contribution in [1.29, 1.82) is 0 Å². The summed E-state index contributed by atoms with van der Waals surface area (Å²) in [6.45, 7) is 1.35. The molecule has 0 aliphatic rings. The minimum atomic E-state index is -4.46. The van der Waals surface area contributed by atoms with E-state index in [4.69, 9.17) is 5.84 Å². The molecule has 0 bridgehead atoms. The highest BCUT2D eigenvalue weighted by Gasteiger charge is 2.33. The van der Waals surface area contributed by atoms with Gasteiger partial charge in [0.2, 0.25) is 0 Å². The molecular weight excluding hydrogens is 309 g/mol. The Morgan fingerprint density at radius 1 is 1.26 bits per heavy atom. The number of nitrogens with zero attached hydrogens (tertiary/aromatic N) is 2. The van der Waals surface area contributed by atoms with Crippen molar-refractivity contribution in [2.24, 2.45) is 5.84 Å². The predicted molar refractivity (Wildman–Crippen MR) is 80.0 cm³/mol. The third-order valence-corrected chi connectivity index (χ3v) is 3.25. The summed E-state index contributed by atoms with van der Waals surface area (Å²) in [5.74, 6) is 5.05. The fraction of sp³-hybridized carbons (Fsp3) is 0.200. The molecule has 0 aliphatic heterocycles. The lowest BCUT2D eigenvalue weighted by Gasteiger charge is -2.17. The predicted octanol–water partition coefficient (Wildman–Crippen LogP) is 3.10. The van der Waals surface area contributed by atoms with Crippen LogP contribution in [0.2, 0.25) is 0 Å². The van der Waals surface area contributed by atoms with E-state index in [9.17, 15) is 18.0 Å². The van der Waals surface area contributed by atoms with Gasteiger partial charge in [-0.15, -0.1) is 0 Å². The molecule has 0 radical (unpaired) electrons. The summed E-state index contributed by atoms with van der Waals surface area (Å²) in [4.78, 5) is 16.0. The molecule has 0 atom stereocenters. The van der Waals surface area contributed by atoms with Crippen LogP contribution in [0.5, 0.6) is 0 Å². The number of rotatable bonds is 3. The lowest BCUT2D eigenvalue weighted by molar-refractivity contribution is -0.138. The zero-order valence-electron chi connectivity index (χ0n) is 12.5. The quantitative estimate of drug-likeness (QED) is 0.517. The van der Waals surface area contributed by atoms with Gasteiger partial charge in [0.25, 0.3) is 5.91 Å². The van der Waals surface area contributed by atoms with Crippen molar-refractivity contribution < 1.29 is 18.0 Å². The Morgan fingerprint density at radius 3 is 2.57 bits per heavy atom. The molecule has 3 N–H and O–H groups in total. The molecular formula is C15H15F3N4O. The molecule has 1 heterocycles. The zero-order chi connectivity index (χ0) is 17.2. The number of halogens is 3. The van der Waals surface area contributed by atoms with E-state index >= 15 is 0 Å². The molecule has 0 aliphatic carbocycles. The molecule has 23 heavy (non-hydrogen) atoms. The van der Waals surface area contributed by atoms with Crippen LogP contribution >= 0.6 is 0 Å². The molecule has 1 aromatic heterocycles. The van der Waals surface area contributed by atoms with E-state index < -0.39 is 17.6 Å². The van der Waals surface area contributed by atoms with E-state index in [1.807, 2.05) is 0 Å². The van der Waals surface area contributed by atoms with Crippen molar-refractivity contribution in [3.05, 3.63) is 53.2 Å². The van der Waals surface area contributed by atoms with Crippen LogP contribution in [0.3, 0.4) is 0 Å². The fourth-order valence-electron chi connectivity index (χ4n) is 2.07. The largest absolute Gasteiger partial charge is 0.416 e. The number of hydrogen-bond donors (Lipinski definition) is 2. The van der Waals surface area contributed by atoms with E-state index in [0.717, 1.165) is 11.1 Å². The SMILES string of the molecule is Cc1c(Nc2ncccc2C(=O)N(C)N)cccc1C(F)(F)F. The van der Waals surface area contributed by atoms with Crippen LogP contribution in [0.25, 0.3) is 0 Å². The Labute approximate surface area is 130 Å². The van der Waals surface area contributed by atoms with Gasteiger partial charge in [0.1, 0.15) is 5.82 Å². The summed E-state index contributed by atoms with van der Waals surface area (Å²) >= 11 is 0. The van der Waals surface area contributed by atoms with Gasteiger partial charge in [-0.1, -0.05) is 6.07 Å². The molecule has 2 rings (SSSR count). The van der Waals surface area contributed by atoms with Gasteiger partial charge in [-0.25, -0.2) is 10.8 Å². The second-order valence-electron chi connectivity index (χ2n) is 4.92. The van der Waals surface area contributed by atoms with Gasteiger partial charge in [-0.05, 0) is 36.8 Å². The summed E-state index contributed by atoms with van der Waals surface area (Å²) in [5, 5.41) is 3.65. The molecule has 0 saturated heterocycles. The number of amides is 1. The average molecular weight is 324 g/mol. The van der Waals surface area contributed by atoms with Crippen molar-refractivity contribution in [3.8, 4) is 0 Å². The van der Waals surface area contributed by atoms with Gasteiger partial charge in [0.05, 0.1) is 11.1 Å². The van der Waals surface area contributed by atoms with E-state index in [-0.39, 0.29) is 22.6 Å². The first-order valence-electron chi connectivity index (χ1n) is 6.63. The lowest BCUT2D eigenvalue weighted by Crippen LogP contribution is -2.33. The summed E-state index contributed by atoms with van der Waals surface area (Å²) in [7, 11) is 1.37. The second-order valence-corrected chi connectivity index (χ2v) is 4.92. The number of nitrogens with one attached hydrogen (secondary N) is 1. The maximum absolute atomic E-state index is 13.0. The first kappa shape index (κ1) is 16.8. The number of nitrogens with two attached hydrogens (primary N) is 1. The van der Waals surface area contributed by atoms with Crippen molar-refractivity contribution >= 4 is 17.4 Å². The summed E-state index contributed by atoms with van der Waals surface area (Å²) in [5.41, 5.74) is -0.353. The Balaban J connectivity index is 2.44. The van der Waals surface area contributed by atoms with Crippen LogP contribution in [0, 0.1) is 6.92 Å². The third kappa shape index (κ3) is 3.59. The van der Waals surface area contributed by atoms with E-state index in [2.05, 4.69) is 10.3 Å². The van der Waals surface area contributed by atoms with Crippen LogP contribution in [-0.2, 0) is 6.18 Å². The number of carbonyl (C=O) groups excluding carboxylic acids is 1. The standard InChI is InChI=1S/C15H15F3N4O/c1-9-11(15(16,17)18)6-3-7-12(9)21-13-10(5-4-8-20-13)14(23)22(2)19/h3-8H,19H2,1-2H3,(H,20,21). The molecule has 8 heteroatoms. The highest BCUT2D eigenvalue weighted by atomic mass is 19.4. The third-order valence-electron chi connectivity index (χ3n) is 3.25. The molecule has 122 valence electrons. The fourth-order valence-corrected chi connectivity index (χ4v) is 2.07. The smallest absolute Gasteiger partial charge is 0.339 e. The van der Waals surface area contributed by atoms with Crippen molar-refractivity contribution in [1.82, 2.24) is 9.99 Å². The summed E-state index contributed by atoms with van der Waals surface area (Å²) in [6, 6.07) is 6.81. The monoisotopic (exact) mass is 324 g/mol. The minimum Gasteiger partial charge on any atom is -0.339 e. The van der Waals surface area contributed by atoms with Crippen molar-refractivity contribution in [2.45, 2.75) is 13.1 Å². The molecule has 1 amide bonds. The average Bonchev–Trinajstić information content (AvgIpc) is 2.48. The number of aromatic nitrogens is 1. The van der Waals surface area contributed by atoms with E-state index in [1.165, 1.54) is 38.4 Å². The maximum Gasteiger partial charge on any atom is 0.416 e. The van der Waals surface area contributed by atoms with Crippen LogP contribution < -0.4 is 11.2 Å². The zero-order valence-corrected chi connectivity index (χ0v) is 12.5. The number of alkyl halides is 3. The van der Waals surface area contributed by atoms with Crippen LogP contribution in [0.1, 0.15) is 21.5 Å². The number of anilines is 2. The summed E-state index contributed by atoms with van der Waals surface area (Å²) < 4.78 is 38.9. The minimum absolute atomic E-state index is 0.0187. The van der Waals surface area contributed by atoms with Gasteiger partial charge in [0.15, 0.2) is 0 Å². The Hall–Kier alpha value is -2.61. The van der Waals surface area contributed by atoms with Crippen LogP contribution in [-0.4, -0.2) is 22.9 Å². The highest BCUT2D eigenvalue weighted by molar-refractivity contribution is 5.98. The Bertz CT molecular complexity index is 729. The van der Waals surface area contributed by atoms with Gasteiger partial charge in [-0.2, -0.15) is 13.2 Å². The molecule has 2 aromatic rings. The Kier molecular flexibility index (Phi) is 4.55. The molecule has 5 nitrogen and oxygen atoms in total. The van der Waals surface area contributed by atoms with E-state index in [0.29, 0.717) is 0 Å². The lowest BCUT2D eigenvalue weighted by atomic mass is 10.1. The van der Waals surface area contributed by atoms with Crippen molar-refractivity contribution in [3.63, 3.8) is 0 Å². The normalized spacial score (nSPS) is 11.2. The first-order chi connectivity index (χ1) is 10.7. The number of hydrogen-bond acceptors (Lipinski definition) is 4. The first-order valence-corrected chi connectivity index (χ1v) is 6.63. The highest BCUT2D eigenvalue weighted by Crippen LogP contribution is 2.35. The topological polar surface area (TPSA) is 71.2 Å². The number of carbonyl (C=O) groups is 1. The van der Waals surface area contributed by atoms with Gasteiger partial charge in [0, 0.05) is 18.9 Å². The maximum atomic E-state index is 13.0. The molecule has 0 saturated carbocycles. The van der Waals surface area contributed by atoms with Crippen LogP contribution in [0.4, 0.5) is 24.7 Å². The van der Waals surface area contributed by atoms with Gasteiger partial charge < -0.3 is 5.32 Å². The van der Waals surface area contributed by atoms with E-state index in [1.54, 1.807) is 6.07 Å². The number of benzene rings is 1. The Morgan fingerprint density at radius 2 is 1.96 bits per heavy atom. The number of pyridine rings is 1. The van der Waals surface area contributed by atoms with Gasteiger partial charge >= 0.3 is 6.18 Å². The summed E-state index contributed by atoms with van der Waals surface area (Å²) in [6.07, 6.45) is -3.03. The van der Waals surface area contributed by atoms with Gasteiger partial charge in [-0.3, -0.25) is 9.80 Å². The van der Waals surface area contributed by atoms with Crippen LogP contribution in [0.15, 0.2) is 36.5 Å². The van der Waals surface area contributed by atoms with Crippen molar-refractivity contribution in [2.75, 3.05) is 12.4 Å². The second kappa shape index (κ2) is 6.25. The molecule has 0 fully saturated rings. The molecule has 0 spiro atoms. The molecule has 1 aromatic carbocycles. The molecule has 0 unspecified atom stereocenters. The number of hydrazine groups is 1.